The maximum atomic E-state index is 12.8. The Kier molecular flexibility index (Phi) is 4.58. The van der Waals surface area contributed by atoms with Gasteiger partial charge in [0.05, 0.1) is 0 Å². The fraction of sp³-hybridized carbons (Fsp3) is 0.333. The van der Waals surface area contributed by atoms with Gasteiger partial charge in [0.2, 0.25) is 0 Å². The van der Waals surface area contributed by atoms with Crippen molar-refractivity contribution in [1.82, 2.24) is 4.90 Å². The summed E-state index contributed by atoms with van der Waals surface area (Å²) in [6.07, 6.45) is 3.84. The molecule has 104 valence electrons. The molecule has 1 aromatic rings. The Morgan fingerprint density at radius 3 is 2.37 bits per heavy atom. The van der Waals surface area contributed by atoms with Crippen molar-refractivity contribution < 1.29 is 13.6 Å². The van der Waals surface area contributed by atoms with Gasteiger partial charge in [-0.3, -0.25) is 4.57 Å². The van der Waals surface area contributed by atoms with Crippen molar-refractivity contribution in [3.8, 4) is 0 Å². The highest BCUT2D eigenvalue weighted by atomic mass is 79.9. The molecule has 19 heavy (non-hydrogen) atoms. The number of halogens is 2. The largest absolute Gasteiger partial charge is 0.363 e. The zero-order valence-electron chi connectivity index (χ0n) is 10.8. The van der Waals surface area contributed by atoms with Crippen LogP contribution in [0.5, 0.6) is 0 Å². The van der Waals surface area contributed by atoms with E-state index >= 15 is 0 Å². The van der Waals surface area contributed by atoms with Crippen LogP contribution in [0.15, 0.2) is 27.3 Å². The highest BCUT2D eigenvalue weighted by molar-refractivity contribution is 9.11. The van der Waals surface area contributed by atoms with E-state index in [0.29, 0.717) is 0 Å². The van der Waals surface area contributed by atoms with Crippen LogP contribution in [0.2, 0.25) is 0 Å². The summed E-state index contributed by atoms with van der Waals surface area (Å²) in [5.74, 6) is -0.477. The SMILES string of the molecule is COP(=O)(OC)C1c2c(Br)ccc(Br)c2C=CN1C. The van der Waals surface area contributed by atoms with Gasteiger partial charge in [0, 0.05) is 42.0 Å². The normalized spacial score (nSPS) is 18.6. The molecule has 4 nitrogen and oxygen atoms in total. The number of fused-ring (bicyclic) bond motifs is 1. The average molecular weight is 411 g/mol. The van der Waals surface area contributed by atoms with E-state index < -0.39 is 13.4 Å². The molecule has 0 radical (unpaired) electrons. The summed E-state index contributed by atoms with van der Waals surface area (Å²) in [5.41, 5.74) is 1.87. The molecule has 1 aromatic carbocycles. The second kappa shape index (κ2) is 5.70. The summed E-state index contributed by atoms with van der Waals surface area (Å²) in [6.45, 7) is 0. The molecule has 0 spiro atoms. The van der Waals surface area contributed by atoms with Gasteiger partial charge in [0.25, 0.3) is 0 Å². The third kappa shape index (κ3) is 2.57. The van der Waals surface area contributed by atoms with E-state index in [1.165, 1.54) is 14.2 Å². The number of rotatable bonds is 3. The molecule has 0 saturated carbocycles. The molecule has 0 saturated heterocycles. The van der Waals surface area contributed by atoms with E-state index in [1.54, 1.807) is 0 Å². The van der Waals surface area contributed by atoms with E-state index in [-0.39, 0.29) is 0 Å². The highest BCUT2D eigenvalue weighted by Crippen LogP contribution is 2.63. The molecule has 0 fully saturated rings. The third-order valence-corrected chi connectivity index (χ3v) is 6.73. The molecular formula is C12H14Br2NO3P. The highest BCUT2D eigenvalue weighted by Gasteiger charge is 2.41. The van der Waals surface area contributed by atoms with Gasteiger partial charge in [0.1, 0.15) is 0 Å². The quantitative estimate of drug-likeness (QED) is 0.682. The first-order chi connectivity index (χ1) is 8.94. The molecule has 2 rings (SSSR count). The fourth-order valence-corrected chi connectivity index (χ4v) is 5.03. The number of nitrogens with zero attached hydrogens (tertiary/aromatic N) is 1. The standard InChI is InChI=1S/C12H14Br2NO3P/c1-15-7-6-8-9(13)4-5-10(14)11(8)12(15)19(16,17-2)18-3/h4-7,12H,1-3H3. The van der Waals surface area contributed by atoms with Gasteiger partial charge >= 0.3 is 7.60 Å². The van der Waals surface area contributed by atoms with E-state index in [4.69, 9.17) is 9.05 Å². The van der Waals surface area contributed by atoms with Gasteiger partial charge in [-0.2, -0.15) is 0 Å². The van der Waals surface area contributed by atoms with Crippen molar-refractivity contribution in [2.45, 2.75) is 5.78 Å². The van der Waals surface area contributed by atoms with Crippen LogP contribution in [0, 0.1) is 0 Å². The van der Waals surface area contributed by atoms with Crippen molar-refractivity contribution in [3.05, 3.63) is 38.4 Å². The minimum Gasteiger partial charge on any atom is -0.363 e. The van der Waals surface area contributed by atoms with Gasteiger partial charge in [0.15, 0.2) is 5.78 Å². The van der Waals surface area contributed by atoms with Crippen LogP contribution in [-0.2, 0) is 13.6 Å². The topological polar surface area (TPSA) is 38.8 Å². The molecule has 0 N–H and O–H groups in total. The average Bonchev–Trinajstić information content (AvgIpc) is 2.42. The third-order valence-electron chi connectivity index (χ3n) is 3.11. The molecule has 1 unspecified atom stereocenters. The van der Waals surface area contributed by atoms with E-state index in [2.05, 4.69) is 31.9 Å². The van der Waals surface area contributed by atoms with Crippen molar-refractivity contribution in [1.29, 1.82) is 0 Å². The smallest absolute Gasteiger partial charge is 0.356 e. The summed E-state index contributed by atoms with van der Waals surface area (Å²) in [5, 5.41) is 0. The second-order valence-electron chi connectivity index (χ2n) is 4.12. The summed E-state index contributed by atoms with van der Waals surface area (Å²) < 4.78 is 24.9. The van der Waals surface area contributed by atoms with Gasteiger partial charge in [-0.1, -0.05) is 31.9 Å². The Hall–Kier alpha value is -0.130. The van der Waals surface area contributed by atoms with E-state index in [1.807, 2.05) is 36.4 Å². The molecule has 1 heterocycles. The lowest BCUT2D eigenvalue weighted by atomic mass is 10.0. The Morgan fingerprint density at radius 1 is 1.21 bits per heavy atom. The summed E-state index contributed by atoms with van der Waals surface area (Å²) in [4.78, 5) is 1.84. The molecule has 1 atom stereocenters. The maximum Gasteiger partial charge on any atom is 0.356 e. The molecule has 0 aromatic heterocycles. The Labute approximate surface area is 129 Å². The first kappa shape index (κ1) is 15.3. The van der Waals surface area contributed by atoms with Crippen molar-refractivity contribution in [3.63, 3.8) is 0 Å². The van der Waals surface area contributed by atoms with Gasteiger partial charge < -0.3 is 13.9 Å². The van der Waals surface area contributed by atoms with Crippen LogP contribution in [0.4, 0.5) is 0 Å². The lowest BCUT2D eigenvalue weighted by Gasteiger charge is -2.35. The van der Waals surface area contributed by atoms with Crippen LogP contribution in [-0.4, -0.2) is 26.2 Å². The predicted molar refractivity (Wildman–Crippen MR) is 83.0 cm³/mol. The lowest BCUT2D eigenvalue weighted by molar-refractivity contribution is 0.235. The summed E-state index contributed by atoms with van der Waals surface area (Å²) in [6, 6.07) is 3.86. The molecule has 1 aliphatic rings. The zero-order chi connectivity index (χ0) is 14.2. The predicted octanol–water partition coefficient (Wildman–Crippen LogP) is 4.61. The Balaban J connectivity index is 2.69. The summed E-state index contributed by atoms with van der Waals surface area (Å²) >= 11 is 7.03. The first-order valence-electron chi connectivity index (χ1n) is 5.54. The van der Waals surface area contributed by atoms with Gasteiger partial charge in [-0.25, -0.2) is 0 Å². The molecule has 0 bridgehead atoms. The van der Waals surface area contributed by atoms with E-state index in [0.717, 1.165) is 20.1 Å². The fourth-order valence-electron chi connectivity index (χ4n) is 2.15. The van der Waals surface area contributed by atoms with Crippen molar-refractivity contribution >= 4 is 45.5 Å². The second-order valence-corrected chi connectivity index (χ2v) is 8.12. The van der Waals surface area contributed by atoms with Gasteiger partial charge in [-0.15, -0.1) is 0 Å². The zero-order valence-corrected chi connectivity index (χ0v) is 14.8. The Morgan fingerprint density at radius 2 is 1.79 bits per heavy atom. The minimum absolute atomic E-state index is 0.477. The van der Waals surface area contributed by atoms with Gasteiger partial charge in [-0.05, 0) is 23.8 Å². The van der Waals surface area contributed by atoms with Crippen LogP contribution >= 0.6 is 39.5 Å². The molecular weight excluding hydrogens is 397 g/mol. The first-order valence-corrected chi connectivity index (χ1v) is 8.73. The maximum absolute atomic E-state index is 12.8. The van der Waals surface area contributed by atoms with Crippen LogP contribution in [0.3, 0.4) is 0 Å². The Bertz CT molecular complexity index is 568. The molecule has 0 aliphatic carbocycles. The lowest BCUT2D eigenvalue weighted by Crippen LogP contribution is -2.24. The van der Waals surface area contributed by atoms with Crippen LogP contribution < -0.4 is 0 Å². The number of hydrogen-bond donors (Lipinski definition) is 0. The molecule has 7 heteroatoms. The number of benzene rings is 1. The van der Waals surface area contributed by atoms with Crippen molar-refractivity contribution in [2.75, 3.05) is 21.3 Å². The monoisotopic (exact) mass is 409 g/mol. The van der Waals surface area contributed by atoms with Crippen LogP contribution in [0.1, 0.15) is 16.9 Å². The summed E-state index contributed by atoms with van der Waals surface area (Å²) in [7, 11) is 1.39. The minimum atomic E-state index is -3.27. The molecule has 0 amide bonds. The van der Waals surface area contributed by atoms with Crippen molar-refractivity contribution in [2.24, 2.45) is 0 Å². The van der Waals surface area contributed by atoms with Crippen LogP contribution in [0.25, 0.3) is 6.08 Å². The molecule has 1 aliphatic heterocycles. The van der Waals surface area contributed by atoms with E-state index in [9.17, 15) is 4.57 Å². The number of hydrogen-bond acceptors (Lipinski definition) is 4.